The smallest absolute Gasteiger partial charge is 0.242 e. The molecule has 1 aliphatic rings. The first-order valence-electron chi connectivity index (χ1n) is 8.07. The molecule has 120 valence electrons. The van der Waals surface area contributed by atoms with Crippen molar-refractivity contribution in [2.75, 3.05) is 24.5 Å². The van der Waals surface area contributed by atoms with Crippen molar-refractivity contribution in [1.82, 2.24) is 4.90 Å². The number of para-hydroxylation sites is 1. The van der Waals surface area contributed by atoms with E-state index in [2.05, 4.69) is 13.8 Å². The molecule has 22 heavy (non-hydrogen) atoms. The lowest BCUT2D eigenvalue weighted by atomic mass is 9.97. The SMILES string of the molecule is CC(=O)N(CC(=O)N1CCCC1)c1c(C)cccc1C(C)C. The second-order valence-corrected chi connectivity index (χ2v) is 6.36. The van der Waals surface area contributed by atoms with Gasteiger partial charge in [-0.3, -0.25) is 9.59 Å². The van der Waals surface area contributed by atoms with Crippen LogP contribution in [0.1, 0.15) is 50.7 Å². The summed E-state index contributed by atoms with van der Waals surface area (Å²) in [6.45, 7) is 9.52. The molecule has 1 aliphatic heterocycles. The van der Waals surface area contributed by atoms with E-state index in [0.717, 1.165) is 42.7 Å². The van der Waals surface area contributed by atoms with Gasteiger partial charge in [0.2, 0.25) is 11.8 Å². The van der Waals surface area contributed by atoms with E-state index in [1.54, 1.807) is 4.90 Å². The molecule has 0 aliphatic carbocycles. The molecule has 4 heteroatoms. The topological polar surface area (TPSA) is 40.6 Å². The van der Waals surface area contributed by atoms with Crippen molar-refractivity contribution in [2.24, 2.45) is 0 Å². The van der Waals surface area contributed by atoms with E-state index < -0.39 is 0 Å². The highest BCUT2D eigenvalue weighted by Gasteiger charge is 2.25. The number of hydrogen-bond donors (Lipinski definition) is 0. The maximum atomic E-state index is 12.5. The Balaban J connectivity index is 2.32. The highest BCUT2D eigenvalue weighted by atomic mass is 16.2. The third-order valence-electron chi connectivity index (χ3n) is 4.29. The van der Waals surface area contributed by atoms with E-state index in [-0.39, 0.29) is 18.4 Å². The number of nitrogens with zero attached hydrogens (tertiary/aromatic N) is 2. The van der Waals surface area contributed by atoms with Crippen molar-refractivity contribution in [3.8, 4) is 0 Å². The van der Waals surface area contributed by atoms with E-state index in [9.17, 15) is 9.59 Å². The van der Waals surface area contributed by atoms with Crippen LogP contribution in [0.5, 0.6) is 0 Å². The van der Waals surface area contributed by atoms with E-state index in [4.69, 9.17) is 0 Å². The van der Waals surface area contributed by atoms with Crippen LogP contribution in [0.4, 0.5) is 5.69 Å². The third-order valence-corrected chi connectivity index (χ3v) is 4.29. The van der Waals surface area contributed by atoms with Gasteiger partial charge in [-0.25, -0.2) is 0 Å². The minimum absolute atomic E-state index is 0.0469. The molecule has 0 N–H and O–H groups in total. The van der Waals surface area contributed by atoms with E-state index in [1.165, 1.54) is 6.92 Å². The van der Waals surface area contributed by atoms with Gasteiger partial charge in [0.05, 0.1) is 5.69 Å². The average molecular weight is 302 g/mol. The molecule has 0 unspecified atom stereocenters. The molecule has 1 aromatic carbocycles. The third kappa shape index (κ3) is 3.49. The van der Waals surface area contributed by atoms with Crippen LogP contribution < -0.4 is 4.90 Å². The number of rotatable bonds is 4. The summed E-state index contributed by atoms with van der Waals surface area (Å²) in [4.78, 5) is 28.1. The lowest BCUT2D eigenvalue weighted by Gasteiger charge is -2.28. The summed E-state index contributed by atoms with van der Waals surface area (Å²) >= 11 is 0. The number of benzene rings is 1. The van der Waals surface area contributed by atoms with Gasteiger partial charge in [0, 0.05) is 20.0 Å². The second-order valence-electron chi connectivity index (χ2n) is 6.36. The minimum atomic E-state index is -0.0799. The van der Waals surface area contributed by atoms with Crippen LogP contribution in [-0.4, -0.2) is 36.3 Å². The Labute approximate surface area is 133 Å². The van der Waals surface area contributed by atoms with E-state index in [1.807, 2.05) is 30.0 Å². The molecule has 0 atom stereocenters. The Morgan fingerprint density at radius 1 is 1.23 bits per heavy atom. The van der Waals surface area contributed by atoms with Crippen LogP contribution >= 0.6 is 0 Å². The molecule has 1 aromatic rings. The summed E-state index contributed by atoms with van der Waals surface area (Å²) in [5, 5.41) is 0. The molecule has 0 aromatic heterocycles. The lowest BCUT2D eigenvalue weighted by Crippen LogP contribution is -2.42. The molecule has 0 spiro atoms. The number of hydrogen-bond acceptors (Lipinski definition) is 2. The van der Waals surface area contributed by atoms with Crippen LogP contribution in [-0.2, 0) is 9.59 Å². The molecule has 1 fully saturated rings. The predicted molar refractivity (Wildman–Crippen MR) is 89.1 cm³/mol. The maximum Gasteiger partial charge on any atom is 0.242 e. The molecular formula is C18H26N2O2. The fourth-order valence-corrected chi connectivity index (χ4v) is 3.07. The number of likely N-dealkylation sites (tertiary alicyclic amines) is 1. The molecule has 2 rings (SSSR count). The van der Waals surface area contributed by atoms with Gasteiger partial charge >= 0.3 is 0 Å². The summed E-state index contributed by atoms with van der Waals surface area (Å²) in [5.74, 6) is 0.271. The molecule has 0 bridgehead atoms. The summed E-state index contributed by atoms with van der Waals surface area (Å²) in [7, 11) is 0. The monoisotopic (exact) mass is 302 g/mol. The van der Waals surface area contributed by atoms with Crippen molar-refractivity contribution >= 4 is 17.5 Å². The largest absolute Gasteiger partial charge is 0.341 e. The number of carbonyl (C=O) groups excluding carboxylic acids is 2. The molecular weight excluding hydrogens is 276 g/mol. The van der Waals surface area contributed by atoms with Crippen molar-refractivity contribution in [3.63, 3.8) is 0 Å². The van der Waals surface area contributed by atoms with Gasteiger partial charge in [-0.05, 0) is 36.8 Å². The normalized spacial score (nSPS) is 14.5. The number of amides is 2. The predicted octanol–water partition coefficient (Wildman–Crippen LogP) is 3.09. The summed E-state index contributed by atoms with van der Waals surface area (Å²) < 4.78 is 0. The Bertz CT molecular complexity index is 560. The van der Waals surface area contributed by atoms with Crippen molar-refractivity contribution in [1.29, 1.82) is 0 Å². The summed E-state index contributed by atoms with van der Waals surface area (Å²) in [6, 6.07) is 6.05. The van der Waals surface area contributed by atoms with Gasteiger partial charge in [0.1, 0.15) is 6.54 Å². The highest BCUT2D eigenvalue weighted by molar-refractivity contribution is 5.98. The van der Waals surface area contributed by atoms with Crippen molar-refractivity contribution in [3.05, 3.63) is 29.3 Å². The molecule has 0 radical (unpaired) electrons. The Kier molecular flexibility index (Phi) is 5.22. The van der Waals surface area contributed by atoms with Crippen molar-refractivity contribution in [2.45, 2.75) is 46.5 Å². The van der Waals surface area contributed by atoms with Crippen LogP contribution in [0.3, 0.4) is 0 Å². The van der Waals surface area contributed by atoms with Gasteiger partial charge in [0.25, 0.3) is 0 Å². The number of carbonyl (C=O) groups is 2. The van der Waals surface area contributed by atoms with Gasteiger partial charge in [0.15, 0.2) is 0 Å². The average Bonchev–Trinajstić information content (AvgIpc) is 2.98. The first-order chi connectivity index (χ1) is 10.4. The van der Waals surface area contributed by atoms with Gasteiger partial charge in [-0.15, -0.1) is 0 Å². The zero-order valence-electron chi connectivity index (χ0n) is 14.1. The fourth-order valence-electron chi connectivity index (χ4n) is 3.07. The van der Waals surface area contributed by atoms with Gasteiger partial charge < -0.3 is 9.80 Å². The van der Waals surface area contributed by atoms with Crippen LogP contribution in [0.15, 0.2) is 18.2 Å². The molecule has 0 saturated carbocycles. The molecule has 4 nitrogen and oxygen atoms in total. The maximum absolute atomic E-state index is 12.5. The van der Waals surface area contributed by atoms with Gasteiger partial charge in [-0.1, -0.05) is 32.0 Å². The van der Waals surface area contributed by atoms with Crippen LogP contribution in [0.2, 0.25) is 0 Å². The first-order valence-corrected chi connectivity index (χ1v) is 8.07. The summed E-state index contributed by atoms with van der Waals surface area (Å²) in [5.41, 5.74) is 3.05. The quantitative estimate of drug-likeness (QED) is 0.857. The summed E-state index contributed by atoms with van der Waals surface area (Å²) in [6.07, 6.45) is 2.13. The molecule has 1 heterocycles. The Hall–Kier alpha value is -1.84. The first kappa shape index (κ1) is 16.5. The van der Waals surface area contributed by atoms with Crippen molar-refractivity contribution < 1.29 is 9.59 Å². The standard InChI is InChI=1S/C18H26N2O2/c1-13(2)16-9-7-8-14(3)18(16)20(15(4)21)12-17(22)19-10-5-6-11-19/h7-9,13H,5-6,10-12H2,1-4H3. The Morgan fingerprint density at radius 3 is 2.41 bits per heavy atom. The zero-order valence-corrected chi connectivity index (χ0v) is 14.1. The van der Waals surface area contributed by atoms with E-state index >= 15 is 0 Å². The lowest BCUT2D eigenvalue weighted by molar-refractivity contribution is -0.130. The van der Waals surface area contributed by atoms with Crippen LogP contribution in [0, 0.1) is 6.92 Å². The zero-order chi connectivity index (χ0) is 16.3. The van der Waals surface area contributed by atoms with E-state index in [0.29, 0.717) is 5.92 Å². The minimum Gasteiger partial charge on any atom is -0.341 e. The number of aryl methyl sites for hydroxylation is 1. The molecule has 1 saturated heterocycles. The number of anilines is 1. The van der Waals surface area contributed by atoms with Crippen LogP contribution in [0.25, 0.3) is 0 Å². The fraction of sp³-hybridized carbons (Fsp3) is 0.556. The Morgan fingerprint density at radius 2 is 1.86 bits per heavy atom. The molecule has 2 amide bonds. The second kappa shape index (κ2) is 6.95. The van der Waals surface area contributed by atoms with Gasteiger partial charge in [-0.2, -0.15) is 0 Å². The highest BCUT2D eigenvalue weighted by Crippen LogP contribution is 2.31.